The van der Waals surface area contributed by atoms with Gasteiger partial charge >= 0.3 is 0 Å². The van der Waals surface area contributed by atoms with E-state index in [1.54, 1.807) is 7.11 Å². The molecule has 2 aromatic rings. The highest BCUT2D eigenvalue weighted by Crippen LogP contribution is 2.26. The number of carbonyl (C=O) groups is 2. The Morgan fingerprint density at radius 3 is 2.15 bits per heavy atom. The predicted octanol–water partition coefficient (Wildman–Crippen LogP) is 3.30. The standard InChI is InChI=1S/C22H26N2O3/c1-16-14-17(2)20(27-3)19(15-16)22(26)24-11-7-10-23(12-13-24)21(25)18-8-5-4-6-9-18/h4-6,8-9,14-15H,7,10-13H2,1-3H3. The molecule has 0 radical (unpaired) electrons. The molecule has 1 aliphatic rings. The summed E-state index contributed by atoms with van der Waals surface area (Å²) in [6.45, 7) is 6.27. The van der Waals surface area contributed by atoms with E-state index in [1.807, 2.05) is 66.1 Å². The Labute approximate surface area is 160 Å². The number of rotatable bonds is 3. The first-order valence-electron chi connectivity index (χ1n) is 9.30. The highest BCUT2D eigenvalue weighted by Gasteiger charge is 2.25. The van der Waals surface area contributed by atoms with Crippen LogP contribution in [0.15, 0.2) is 42.5 Å². The van der Waals surface area contributed by atoms with Gasteiger partial charge in [0.2, 0.25) is 0 Å². The van der Waals surface area contributed by atoms with Gasteiger partial charge in [0.25, 0.3) is 11.8 Å². The number of hydrogen-bond donors (Lipinski definition) is 0. The van der Waals surface area contributed by atoms with Crippen LogP contribution in [-0.4, -0.2) is 54.9 Å². The van der Waals surface area contributed by atoms with Crippen molar-refractivity contribution in [2.45, 2.75) is 20.3 Å². The van der Waals surface area contributed by atoms with Crippen LogP contribution in [0.2, 0.25) is 0 Å². The zero-order chi connectivity index (χ0) is 19.4. The maximum absolute atomic E-state index is 13.1. The number of aryl methyl sites for hydroxylation is 2. The molecule has 1 aliphatic heterocycles. The first-order valence-corrected chi connectivity index (χ1v) is 9.30. The number of amides is 2. The summed E-state index contributed by atoms with van der Waals surface area (Å²) in [7, 11) is 1.59. The highest BCUT2D eigenvalue weighted by molar-refractivity contribution is 5.98. The largest absolute Gasteiger partial charge is 0.496 e. The van der Waals surface area contributed by atoms with Gasteiger partial charge in [-0.1, -0.05) is 24.3 Å². The first kappa shape index (κ1) is 19.0. The molecule has 2 amide bonds. The van der Waals surface area contributed by atoms with E-state index in [1.165, 1.54) is 0 Å². The average molecular weight is 366 g/mol. The van der Waals surface area contributed by atoms with Crippen LogP contribution in [0, 0.1) is 13.8 Å². The second kappa shape index (κ2) is 8.25. The lowest BCUT2D eigenvalue weighted by molar-refractivity contribution is 0.0717. The van der Waals surface area contributed by atoms with Crippen molar-refractivity contribution in [3.63, 3.8) is 0 Å². The maximum Gasteiger partial charge on any atom is 0.257 e. The minimum Gasteiger partial charge on any atom is -0.496 e. The molecular formula is C22H26N2O3. The van der Waals surface area contributed by atoms with Crippen molar-refractivity contribution in [2.24, 2.45) is 0 Å². The quantitative estimate of drug-likeness (QED) is 0.837. The smallest absolute Gasteiger partial charge is 0.257 e. The first-order chi connectivity index (χ1) is 13.0. The fourth-order valence-electron chi connectivity index (χ4n) is 3.64. The lowest BCUT2D eigenvalue weighted by atomic mass is 10.0. The molecule has 5 nitrogen and oxygen atoms in total. The third-order valence-corrected chi connectivity index (χ3v) is 4.94. The van der Waals surface area contributed by atoms with Gasteiger partial charge in [-0.25, -0.2) is 0 Å². The molecule has 0 unspecified atom stereocenters. The van der Waals surface area contributed by atoms with Crippen molar-refractivity contribution in [2.75, 3.05) is 33.3 Å². The van der Waals surface area contributed by atoms with Crippen molar-refractivity contribution in [1.82, 2.24) is 9.80 Å². The van der Waals surface area contributed by atoms with Gasteiger partial charge in [-0.2, -0.15) is 0 Å². The molecule has 5 heteroatoms. The number of benzene rings is 2. The normalized spacial score (nSPS) is 14.6. The molecule has 2 aromatic carbocycles. The molecule has 1 fully saturated rings. The van der Waals surface area contributed by atoms with Crippen LogP contribution in [0.4, 0.5) is 0 Å². The topological polar surface area (TPSA) is 49.9 Å². The zero-order valence-electron chi connectivity index (χ0n) is 16.2. The van der Waals surface area contributed by atoms with E-state index >= 15 is 0 Å². The second-order valence-electron chi connectivity index (χ2n) is 6.97. The molecule has 0 atom stereocenters. The fraction of sp³-hybridized carbons (Fsp3) is 0.364. The number of ether oxygens (including phenoxy) is 1. The van der Waals surface area contributed by atoms with E-state index in [2.05, 4.69) is 0 Å². The number of carbonyl (C=O) groups excluding carboxylic acids is 2. The van der Waals surface area contributed by atoms with E-state index in [4.69, 9.17) is 4.74 Å². The molecule has 27 heavy (non-hydrogen) atoms. The monoisotopic (exact) mass is 366 g/mol. The maximum atomic E-state index is 13.1. The van der Waals surface area contributed by atoms with Crippen molar-refractivity contribution in [1.29, 1.82) is 0 Å². The minimum absolute atomic E-state index is 0.0221. The molecule has 3 rings (SSSR count). The van der Waals surface area contributed by atoms with E-state index in [0.29, 0.717) is 43.1 Å². The summed E-state index contributed by atoms with van der Waals surface area (Å²) in [6.07, 6.45) is 0.761. The summed E-state index contributed by atoms with van der Waals surface area (Å²) in [5.41, 5.74) is 3.27. The molecule has 0 saturated carbocycles. The van der Waals surface area contributed by atoms with Gasteiger partial charge in [0, 0.05) is 31.7 Å². The van der Waals surface area contributed by atoms with Gasteiger partial charge in [0.15, 0.2) is 0 Å². The van der Waals surface area contributed by atoms with Crippen LogP contribution in [-0.2, 0) is 0 Å². The summed E-state index contributed by atoms with van der Waals surface area (Å²) >= 11 is 0. The lowest BCUT2D eigenvalue weighted by Gasteiger charge is -2.23. The number of hydrogen-bond acceptors (Lipinski definition) is 3. The third kappa shape index (κ3) is 4.13. The van der Waals surface area contributed by atoms with Gasteiger partial charge < -0.3 is 14.5 Å². The Hall–Kier alpha value is -2.82. The van der Waals surface area contributed by atoms with Crippen LogP contribution >= 0.6 is 0 Å². The average Bonchev–Trinajstić information content (AvgIpc) is 2.93. The van der Waals surface area contributed by atoms with Crippen LogP contribution in [0.1, 0.15) is 38.3 Å². The Morgan fingerprint density at radius 1 is 0.889 bits per heavy atom. The van der Waals surface area contributed by atoms with E-state index in [0.717, 1.165) is 17.5 Å². The third-order valence-electron chi connectivity index (χ3n) is 4.94. The van der Waals surface area contributed by atoms with Gasteiger partial charge in [0.1, 0.15) is 5.75 Å². The summed E-state index contributed by atoms with van der Waals surface area (Å²) in [6, 6.07) is 13.2. The number of nitrogens with zero attached hydrogens (tertiary/aromatic N) is 2. The van der Waals surface area contributed by atoms with Crippen LogP contribution in [0.5, 0.6) is 5.75 Å². The summed E-state index contributed by atoms with van der Waals surface area (Å²) in [5.74, 6) is 0.619. The van der Waals surface area contributed by atoms with E-state index < -0.39 is 0 Å². The summed E-state index contributed by atoms with van der Waals surface area (Å²) < 4.78 is 5.48. The molecule has 1 saturated heterocycles. The molecular weight excluding hydrogens is 340 g/mol. The van der Waals surface area contributed by atoms with Crippen LogP contribution in [0.25, 0.3) is 0 Å². The zero-order valence-corrected chi connectivity index (χ0v) is 16.2. The van der Waals surface area contributed by atoms with Crippen molar-refractivity contribution >= 4 is 11.8 Å². The highest BCUT2D eigenvalue weighted by atomic mass is 16.5. The van der Waals surface area contributed by atoms with Crippen molar-refractivity contribution < 1.29 is 14.3 Å². The molecule has 0 aliphatic carbocycles. The molecule has 0 N–H and O–H groups in total. The Kier molecular flexibility index (Phi) is 5.79. The fourth-order valence-corrected chi connectivity index (χ4v) is 3.64. The Balaban J connectivity index is 1.75. The van der Waals surface area contributed by atoms with E-state index in [9.17, 15) is 9.59 Å². The molecule has 142 valence electrons. The predicted molar refractivity (Wildman–Crippen MR) is 105 cm³/mol. The van der Waals surface area contributed by atoms with E-state index in [-0.39, 0.29) is 11.8 Å². The molecule has 0 bridgehead atoms. The number of methoxy groups -OCH3 is 1. The van der Waals surface area contributed by atoms with Gasteiger partial charge in [-0.3, -0.25) is 9.59 Å². The summed E-state index contributed by atoms with van der Waals surface area (Å²) in [4.78, 5) is 29.5. The SMILES string of the molecule is COc1c(C)cc(C)cc1C(=O)N1CCCN(C(=O)c2ccccc2)CC1. The van der Waals surface area contributed by atoms with Crippen molar-refractivity contribution in [3.8, 4) is 5.75 Å². The minimum atomic E-state index is -0.0346. The van der Waals surface area contributed by atoms with Gasteiger partial charge in [-0.15, -0.1) is 0 Å². The van der Waals surface area contributed by atoms with Crippen LogP contribution in [0.3, 0.4) is 0 Å². The Bertz CT molecular complexity index is 833. The molecule has 0 spiro atoms. The molecule has 0 aromatic heterocycles. The lowest BCUT2D eigenvalue weighted by Crippen LogP contribution is -2.37. The Morgan fingerprint density at radius 2 is 1.52 bits per heavy atom. The molecule has 1 heterocycles. The van der Waals surface area contributed by atoms with Crippen molar-refractivity contribution in [3.05, 3.63) is 64.7 Å². The van der Waals surface area contributed by atoms with Gasteiger partial charge in [0.05, 0.1) is 12.7 Å². The summed E-state index contributed by atoms with van der Waals surface area (Å²) in [5, 5.41) is 0. The second-order valence-corrected chi connectivity index (χ2v) is 6.97. The van der Waals surface area contributed by atoms with Gasteiger partial charge in [-0.05, 0) is 49.6 Å². The van der Waals surface area contributed by atoms with Crippen LogP contribution < -0.4 is 4.74 Å².